The van der Waals surface area contributed by atoms with Crippen molar-refractivity contribution in [3.05, 3.63) is 46.9 Å². The molecular formula is C17H16BrNO4. The number of rotatable bonds is 4. The van der Waals surface area contributed by atoms with Gasteiger partial charge in [0.1, 0.15) is 19.0 Å². The summed E-state index contributed by atoms with van der Waals surface area (Å²) in [6.45, 7) is 2.74. The van der Waals surface area contributed by atoms with E-state index in [1.165, 1.54) is 0 Å². The molecule has 2 aromatic rings. The Balaban J connectivity index is 1.65. The van der Waals surface area contributed by atoms with Crippen LogP contribution in [0.1, 0.15) is 6.92 Å². The maximum absolute atomic E-state index is 12.3. The molecule has 1 aliphatic heterocycles. The molecule has 0 saturated carbocycles. The molecule has 23 heavy (non-hydrogen) atoms. The zero-order chi connectivity index (χ0) is 16.2. The van der Waals surface area contributed by atoms with Crippen molar-refractivity contribution in [2.75, 3.05) is 18.5 Å². The Labute approximate surface area is 142 Å². The van der Waals surface area contributed by atoms with Crippen molar-refractivity contribution in [1.82, 2.24) is 0 Å². The summed E-state index contributed by atoms with van der Waals surface area (Å²) in [6, 6.07) is 12.7. The number of benzene rings is 2. The average Bonchev–Trinajstić information content (AvgIpc) is 2.56. The van der Waals surface area contributed by atoms with Gasteiger partial charge in [0.05, 0.1) is 4.47 Å². The van der Waals surface area contributed by atoms with Crippen molar-refractivity contribution >= 4 is 27.5 Å². The van der Waals surface area contributed by atoms with Gasteiger partial charge in [-0.3, -0.25) is 4.79 Å². The first kappa shape index (κ1) is 15.7. The number of hydrogen-bond acceptors (Lipinski definition) is 4. The van der Waals surface area contributed by atoms with Crippen molar-refractivity contribution < 1.29 is 19.0 Å². The monoisotopic (exact) mass is 377 g/mol. The van der Waals surface area contributed by atoms with Crippen molar-refractivity contribution in [1.29, 1.82) is 0 Å². The van der Waals surface area contributed by atoms with Gasteiger partial charge in [-0.25, -0.2) is 0 Å². The van der Waals surface area contributed by atoms with Crippen LogP contribution in [0.15, 0.2) is 46.9 Å². The average molecular weight is 378 g/mol. The van der Waals surface area contributed by atoms with E-state index in [-0.39, 0.29) is 5.91 Å². The second kappa shape index (κ2) is 6.91. The lowest BCUT2D eigenvalue weighted by Gasteiger charge is -2.20. The summed E-state index contributed by atoms with van der Waals surface area (Å²) >= 11 is 3.39. The molecule has 6 heteroatoms. The summed E-state index contributed by atoms with van der Waals surface area (Å²) in [4.78, 5) is 12.3. The molecule has 0 spiro atoms. The van der Waals surface area contributed by atoms with Crippen LogP contribution in [0.3, 0.4) is 0 Å². The third-order valence-corrected chi connectivity index (χ3v) is 3.97. The maximum Gasteiger partial charge on any atom is 0.265 e. The van der Waals surface area contributed by atoms with Crippen LogP contribution in [0.25, 0.3) is 0 Å². The van der Waals surface area contributed by atoms with E-state index in [0.29, 0.717) is 36.1 Å². The van der Waals surface area contributed by atoms with Crippen LogP contribution in [0.4, 0.5) is 5.69 Å². The summed E-state index contributed by atoms with van der Waals surface area (Å²) in [5, 5.41) is 2.82. The summed E-state index contributed by atoms with van der Waals surface area (Å²) in [5.74, 6) is 1.70. The Bertz CT molecular complexity index is 719. The van der Waals surface area contributed by atoms with E-state index >= 15 is 0 Å². The van der Waals surface area contributed by atoms with Gasteiger partial charge in [-0.2, -0.15) is 0 Å². The minimum absolute atomic E-state index is 0.238. The van der Waals surface area contributed by atoms with Gasteiger partial charge >= 0.3 is 0 Å². The first-order valence-corrected chi connectivity index (χ1v) is 8.04. The molecule has 120 valence electrons. The largest absolute Gasteiger partial charge is 0.486 e. The fraction of sp³-hybridized carbons (Fsp3) is 0.235. The predicted octanol–water partition coefficient (Wildman–Crippen LogP) is 3.63. The first-order chi connectivity index (χ1) is 11.1. The molecule has 3 rings (SSSR count). The third kappa shape index (κ3) is 3.76. The molecule has 0 bridgehead atoms. The van der Waals surface area contributed by atoms with Gasteiger partial charge in [-0.1, -0.05) is 12.1 Å². The third-order valence-electron chi connectivity index (χ3n) is 3.32. The Morgan fingerprint density at radius 2 is 1.91 bits per heavy atom. The zero-order valence-corrected chi connectivity index (χ0v) is 14.1. The van der Waals surface area contributed by atoms with Crippen LogP contribution >= 0.6 is 15.9 Å². The van der Waals surface area contributed by atoms with Gasteiger partial charge in [-0.05, 0) is 47.1 Å². The predicted molar refractivity (Wildman–Crippen MR) is 90.3 cm³/mol. The second-order valence-electron chi connectivity index (χ2n) is 5.04. The topological polar surface area (TPSA) is 56.8 Å². The number of carbonyl (C=O) groups is 1. The van der Waals surface area contributed by atoms with Crippen LogP contribution < -0.4 is 19.5 Å². The maximum atomic E-state index is 12.3. The number of nitrogens with one attached hydrogen (secondary N) is 1. The SMILES string of the molecule is C[C@@H](Oc1ccccc1Br)C(=O)Nc1ccc2c(c1)OCCO2. The van der Waals surface area contributed by atoms with Crippen molar-refractivity contribution in [3.63, 3.8) is 0 Å². The minimum atomic E-state index is -0.637. The molecule has 0 unspecified atom stereocenters. The summed E-state index contributed by atoms with van der Waals surface area (Å²) < 4.78 is 17.4. The quantitative estimate of drug-likeness (QED) is 0.883. The van der Waals surface area contributed by atoms with Crippen LogP contribution in [-0.4, -0.2) is 25.2 Å². The second-order valence-corrected chi connectivity index (χ2v) is 5.89. The molecular weight excluding hydrogens is 362 g/mol. The number of amides is 1. The number of halogens is 1. The number of para-hydroxylation sites is 1. The molecule has 1 aliphatic rings. The van der Waals surface area contributed by atoms with Gasteiger partial charge in [0.15, 0.2) is 17.6 Å². The highest BCUT2D eigenvalue weighted by Gasteiger charge is 2.18. The number of ether oxygens (including phenoxy) is 3. The van der Waals surface area contributed by atoms with Crippen molar-refractivity contribution in [2.24, 2.45) is 0 Å². The van der Waals surface area contributed by atoms with E-state index in [2.05, 4.69) is 21.2 Å². The molecule has 0 aliphatic carbocycles. The summed E-state index contributed by atoms with van der Waals surface area (Å²) in [7, 11) is 0. The standard InChI is InChI=1S/C17H16BrNO4/c1-11(23-14-5-3-2-4-13(14)18)17(20)19-12-6-7-15-16(10-12)22-9-8-21-15/h2-7,10-11H,8-9H2,1H3,(H,19,20)/t11-/m1/s1. The Morgan fingerprint density at radius 3 is 2.70 bits per heavy atom. The van der Waals surface area contributed by atoms with Gasteiger partial charge in [0.25, 0.3) is 5.91 Å². The highest BCUT2D eigenvalue weighted by Crippen LogP contribution is 2.32. The molecule has 2 aromatic carbocycles. The fourth-order valence-corrected chi connectivity index (χ4v) is 2.53. The van der Waals surface area contributed by atoms with Crippen LogP contribution in [-0.2, 0) is 4.79 Å². The van der Waals surface area contributed by atoms with E-state index in [1.807, 2.05) is 18.2 Å². The molecule has 0 saturated heterocycles. The van der Waals surface area contributed by atoms with E-state index in [0.717, 1.165) is 4.47 Å². The number of fused-ring (bicyclic) bond motifs is 1. The molecule has 1 heterocycles. The lowest BCUT2D eigenvalue weighted by molar-refractivity contribution is -0.122. The Kier molecular flexibility index (Phi) is 4.71. The Morgan fingerprint density at radius 1 is 1.17 bits per heavy atom. The lowest BCUT2D eigenvalue weighted by Crippen LogP contribution is -2.30. The zero-order valence-electron chi connectivity index (χ0n) is 12.5. The molecule has 1 amide bonds. The highest BCUT2D eigenvalue weighted by atomic mass is 79.9. The number of anilines is 1. The van der Waals surface area contributed by atoms with Crippen molar-refractivity contribution in [2.45, 2.75) is 13.0 Å². The van der Waals surface area contributed by atoms with Crippen molar-refractivity contribution in [3.8, 4) is 17.2 Å². The molecule has 1 N–H and O–H groups in total. The number of hydrogen-bond donors (Lipinski definition) is 1. The molecule has 0 fully saturated rings. The van der Waals surface area contributed by atoms with E-state index in [4.69, 9.17) is 14.2 Å². The van der Waals surface area contributed by atoms with Gasteiger partial charge in [0.2, 0.25) is 0 Å². The smallest absolute Gasteiger partial charge is 0.265 e. The summed E-state index contributed by atoms with van der Waals surface area (Å²) in [6.07, 6.45) is -0.637. The van der Waals surface area contributed by atoms with Gasteiger partial charge < -0.3 is 19.5 Å². The van der Waals surface area contributed by atoms with E-state index in [1.54, 1.807) is 31.2 Å². The molecule has 1 atom stereocenters. The van der Waals surface area contributed by atoms with Gasteiger partial charge in [0, 0.05) is 11.8 Å². The Hall–Kier alpha value is -2.21. The van der Waals surface area contributed by atoms with Gasteiger partial charge in [-0.15, -0.1) is 0 Å². The molecule has 5 nitrogen and oxygen atoms in total. The normalized spacial score (nSPS) is 14.0. The van der Waals surface area contributed by atoms with Crippen LogP contribution in [0, 0.1) is 0 Å². The first-order valence-electron chi connectivity index (χ1n) is 7.25. The van der Waals surface area contributed by atoms with Crippen LogP contribution in [0.5, 0.6) is 17.2 Å². The van der Waals surface area contributed by atoms with E-state index in [9.17, 15) is 4.79 Å². The fourth-order valence-electron chi connectivity index (χ4n) is 2.15. The lowest BCUT2D eigenvalue weighted by atomic mass is 10.2. The molecule has 0 aromatic heterocycles. The van der Waals surface area contributed by atoms with E-state index < -0.39 is 6.10 Å². The summed E-state index contributed by atoms with van der Waals surface area (Å²) in [5.41, 5.74) is 0.641. The number of carbonyl (C=O) groups excluding carboxylic acids is 1. The van der Waals surface area contributed by atoms with Crippen LogP contribution in [0.2, 0.25) is 0 Å². The highest BCUT2D eigenvalue weighted by molar-refractivity contribution is 9.10. The minimum Gasteiger partial charge on any atom is -0.486 e. The molecule has 0 radical (unpaired) electrons.